The highest BCUT2D eigenvalue weighted by Crippen LogP contribution is 2.28. The first-order valence-electron chi connectivity index (χ1n) is 7.97. The Morgan fingerprint density at radius 3 is 2.33 bits per heavy atom. The summed E-state index contributed by atoms with van der Waals surface area (Å²) in [7, 11) is 0. The quantitative estimate of drug-likeness (QED) is 0.847. The maximum absolute atomic E-state index is 12.1. The number of piperazine rings is 1. The van der Waals surface area contributed by atoms with Gasteiger partial charge in [-0.15, -0.1) is 0 Å². The van der Waals surface area contributed by atoms with Crippen molar-refractivity contribution in [1.82, 2.24) is 9.21 Å². The predicted octanol–water partition coefficient (Wildman–Crippen LogP) is 2.65. The first-order valence-corrected chi connectivity index (χ1v) is 8.74. The lowest BCUT2D eigenvalue weighted by molar-refractivity contribution is 0.0197. The number of nitrogens with zero attached hydrogens (tertiary/aromatic N) is 2. The summed E-state index contributed by atoms with van der Waals surface area (Å²) in [5, 5.41) is 0. The molecular formula is C17H25N3O3S. The monoisotopic (exact) mass is 351 g/mol. The Kier molecular flexibility index (Phi) is 5.77. The molecule has 1 aromatic rings. The average Bonchev–Trinajstić information content (AvgIpc) is 2.48. The van der Waals surface area contributed by atoms with Crippen LogP contribution < -0.4 is 5.73 Å². The van der Waals surface area contributed by atoms with Crippen molar-refractivity contribution in [2.24, 2.45) is 5.73 Å². The molecule has 6 nitrogen and oxygen atoms in total. The van der Waals surface area contributed by atoms with Crippen LogP contribution in [0.2, 0.25) is 0 Å². The van der Waals surface area contributed by atoms with E-state index in [1.54, 1.807) is 22.9 Å². The van der Waals surface area contributed by atoms with Gasteiger partial charge in [-0.05, 0) is 57.3 Å². The van der Waals surface area contributed by atoms with Gasteiger partial charge >= 0.3 is 6.09 Å². The highest BCUT2D eigenvalue weighted by molar-refractivity contribution is 7.97. The maximum atomic E-state index is 12.1. The van der Waals surface area contributed by atoms with E-state index in [0.717, 1.165) is 23.5 Å². The topological polar surface area (TPSA) is 75.9 Å². The number of ether oxygens (including phenoxy) is 1. The third kappa shape index (κ3) is 5.14. The van der Waals surface area contributed by atoms with Crippen molar-refractivity contribution in [2.75, 3.05) is 26.2 Å². The number of carbonyl (C=O) groups excluding carboxylic acids is 2. The first-order chi connectivity index (χ1) is 11.2. The molecular weight excluding hydrogens is 326 g/mol. The van der Waals surface area contributed by atoms with E-state index in [1.165, 1.54) is 0 Å². The van der Waals surface area contributed by atoms with Crippen LogP contribution in [0.3, 0.4) is 0 Å². The largest absolute Gasteiger partial charge is 0.444 e. The van der Waals surface area contributed by atoms with E-state index in [2.05, 4.69) is 4.31 Å². The van der Waals surface area contributed by atoms with E-state index < -0.39 is 11.5 Å². The van der Waals surface area contributed by atoms with Crippen molar-refractivity contribution in [3.8, 4) is 0 Å². The Balaban J connectivity index is 1.93. The minimum atomic E-state index is -0.477. The lowest BCUT2D eigenvalue weighted by Crippen LogP contribution is -2.47. The lowest BCUT2D eigenvalue weighted by atomic mass is 10.1. The second-order valence-corrected chi connectivity index (χ2v) is 7.97. The normalized spacial score (nSPS) is 16.1. The maximum Gasteiger partial charge on any atom is 0.410 e. The second kappa shape index (κ2) is 7.44. The Hall–Kier alpha value is -1.73. The zero-order valence-electron chi connectivity index (χ0n) is 14.7. The van der Waals surface area contributed by atoms with E-state index in [4.69, 9.17) is 10.5 Å². The molecule has 1 saturated heterocycles. The van der Waals surface area contributed by atoms with Gasteiger partial charge in [0.05, 0.1) is 0 Å². The molecule has 0 radical (unpaired) electrons. The van der Waals surface area contributed by atoms with E-state index in [-0.39, 0.29) is 6.09 Å². The summed E-state index contributed by atoms with van der Waals surface area (Å²) in [6.07, 6.45) is -0.265. The minimum absolute atomic E-state index is 0.265. The van der Waals surface area contributed by atoms with Crippen LogP contribution in [0, 0.1) is 6.92 Å². The summed E-state index contributed by atoms with van der Waals surface area (Å²) < 4.78 is 7.59. The van der Waals surface area contributed by atoms with Crippen LogP contribution in [0.25, 0.3) is 0 Å². The van der Waals surface area contributed by atoms with Crippen LogP contribution in [-0.4, -0.2) is 53.0 Å². The molecule has 0 bridgehead atoms. The first kappa shape index (κ1) is 18.6. The third-order valence-corrected chi connectivity index (χ3v) is 4.85. The average molecular weight is 351 g/mol. The van der Waals surface area contributed by atoms with Crippen LogP contribution in [0.1, 0.15) is 36.7 Å². The van der Waals surface area contributed by atoms with Gasteiger partial charge in [0.25, 0.3) is 0 Å². The summed E-state index contributed by atoms with van der Waals surface area (Å²) in [4.78, 5) is 26.2. The van der Waals surface area contributed by atoms with Gasteiger partial charge in [-0.3, -0.25) is 4.79 Å². The number of hydrogen-bond acceptors (Lipinski definition) is 5. The van der Waals surface area contributed by atoms with Crippen molar-refractivity contribution in [3.63, 3.8) is 0 Å². The molecule has 1 aliphatic rings. The fourth-order valence-electron chi connectivity index (χ4n) is 2.28. The molecule has 7 heteroatoms. The summed E-state index contributed by atoms with van der Waals surface area (Å²) in [6.45, 7) is 10.3. The molecule has 0 saturated carbocycles. The number of primary amides is 1. The molecule has 2 amide bonds. The van der Waals surface area contributed by atoms with E-state index in [1.807, 2.05) is 39.8 Å². The van der Waals surface area contributed by atoms with Crippen molar-refractivity contribution in [2.45, 2.75) is 38.2 Å². The van der Waals surface area contributed by atoms with Gasteiger partial charge in [0.2, 0.25) is 5.91 Å². The number of amides is 2. The smallest absolute Gasteiger partial charge is 0.410 e. The van der Waals surface area contributed by atoms with Gasteiger partial charge in [-0.1, -0.05) is 6.07 Å². The van der Waals surface area contributed by atoms with E-state index >= 15 is 0 Å². The van der Waals surface area contributed by atoms with E-state index in [0.29, 0.717) is 18.7 Å². The highest BCUT2D eigenvalue weighted by Gasteiger charge is 2.26. The molecule has 0 aliphatic carbocycles. The molecule has 2 N–H and O–H groups in total. The number of aryl methyl sites for hydroxylation is 1. The Bertz CT molecular complexity index is 620. The number of nitrogens with two attached hydrogens (primary N) is 1. The van der Waals surface area contributed by atoms with Crippen LogP contribution in [0.15, 0.2) is 23.1 Å². The van der Waals surface area contributed by atoms with Crippen molar-refractivity contribution in [3.05, 3.63) is 29.3 Å². The molecule has 132 valence electrons. The fraction of sp³-hybridized carbons (Fsp3) is 0.529. The van der Waals surface area contributed by atoms with Gasteiger partial charge in [-0.2, -0.15) is 0 Å². The molecule has 1 aromatic carbocycles. The van der Waals surface area contributed by atoms with E-state index in [9.17, 15) is 9.59 Å². The van der Waals surface area contributed by atoms with Crippen molar-refractivity contribution >= 4 is 23.9 Å². The van der Waals surface area contributed by atoms with Gasteiger partial charge in [0, 0.05) is 36.6 Å². The summed E-state index contributed by atoms with van der Waals surface area (Å²) in [5.41, 5.74) is 6.48. The molecule has 0 spiro atoms. The second-order valence-electron chi connectivity index (χ2n) is 6.83. The minimum Gasteiger partial charge on any atom is -0.444 e. The van der Waals surface area contributed by atoms with Crippen LogP contribution in [0.5, 0.6) is 0 Å². The molecule has 1 aliphatic heterocycles. The number of carbonyl (C=O) groups is 2. The summed E-state index contributed by atoms with van der Waals surface area (Å²) in [6, 6.07) is 5.46. The molecule has 24 heavy (non-hydrogen) atoms. The van der Waals surface area contributed by atoms with Crippen molar-refractivity contribution < 1.29 is 14.3 Å². The third-order valence-electron chi connectivity index (χ3n) is 3.59. The van der Waals surface area contributed by atoms with Gasteiger partial charge < -0.3 is 15.4 Å². The Morgan fingerprint density at radius 2 is 1.79 bits per heavy atom. The molecule has 0 unspecified atom stereocenters. The van der Waals surface area contributed by atoms with Gasteiger partial charge in [-0.25, -0.2) is 9.10 Å². The molecule has 0 atom stereocenters. The van der Waals surface area contributed by atoms with Crippen LogP contribution in [0.4, 0.5) is 4.79 Å². The number of rotatable bonds is 3. The standard InChI is InChI=1S/C17H25N3O3S/c1-12-5-6-13(15(18)21)11-14(12)24-20-9-7-19(8-10-20)16(22)23-17(2,3)4/h5-6,11H,7-10H2,1-4H3,(H2,18,21). The fourth-order valence-corrected chi connectivity index (χ4v) is 3.29. The zero-order valence-corrected chi connectivity index (χ0v) is 15.5. The zero-order chi connectivity index (χ0) is 17.9. The van der Waals surface area contributed by atoms with Crippen LogP contribution in [-0.2, 0) is 4.74 Å². The number of benzene rings is 1. The lowest BCUT2D eigenvalue weighted by Gasteiger charge is -2.35. The predicted molar refractivity (Wildman–Crippen MR) is 94.9 cm³/mol. The molecule has 1 heterocycles. The Morgan fingerprint density at radius 1 is 1.17 bits per heavy atom. The van der Waals surface area contributed by atoms with Crippen LogP contribution >= 0.6 is 11.9 Å². The molecule has 2 rings (SSSR count). The van der Waals surface area contributed by atoms with Gasteiger partial charge in [0.1, 0.15) is 5.60 Å². The van der Waals surface area contributed by atoms with Crippen molar-refractivity contribution in [1.29, 1.82) is 0 Å². The highest BCUT2D eigenvalue weighted by atomic mass is 32.2. The number of hydrogen-bond donors (Lipinski definition) is 1. The molecule has 0 aromatic heterocycles. The summed E-state index contributed by atoms with van der Waals surface area (Å²) in [5.74, 6) is -0.424. The summed E-state index contributed by atoms with van der Waals surface area (Å²) >= 11 is 1.60. The molecule has 1 fully saturated rings. The Labute approximate surface area is 147 Å². The van der Waals surface area contributed by atoms with Gasteiger partial charge in [0.15, 0.2) is 0 Å². The SMILES string of the molecule is Cc1ccc(C(N)=O)cc1SN1CCN(C(=O)OC(C)(C)C)CC1.